The number of benzene rings is 1. The summed E-state index contributed by atoms with van der Waals surface area (Å²) in [6.45, 7) is 3.05. The van der Waals surface area contributed by atoms with Gasteiger partial charge in [-0.2, -0.15) is 0 Å². The van der Waals surface area contributed by atoms with Crippen LogP contribution >= 0.6 is 15.9 Å². The molecule has 1 aromatic carbocycles. The Kier molecular flexibility index (Phi) is 4.74. The highest BCUT2D eigenvalue weighted by Gasteiger charge is 2.19. The van der Waals surface area contributed by atoms with Crippen molar-refractivity contribution in [1.82, 2.24) is 4.90 Å². The van der Waals surface area contributed by atoms with Gasteiger partial charge >= 0.3 is 0 Å². The van der Waals surface area contributed by atoms with Gasteiger partial charge in [-0.15, -0.1) is 0 Å². The number of morpholine rings is 1. The van der Waals surface area contributed by atoms with Crippen molar-refractivity contribution in [3.05, 3.63) is 33.8 Å². The molecular formula is C13H16BrNO3. The average molecular weight is 314 g/mol. The first-order valence-electron chi connectivity index (χ1n) is 5.87. The Bertz CT molecular complexity index is 430. The summed E-state index contributed by atoms with van der Waals surface area (Å²) in [6, 6.07) is 5.61. The molecule has 1 aliphatic heterocycles. The molecule has 1 heterocycles. The first-order chi connectivity index (χ1) is 8.72. The number of hydrogen-bond acceptors (Lipinski definition) is 3. The standard InChI is InChI=1S/C13H16BrNO3/c1-17-9-11-8-10(2-3-12(11)14)13(16)15-4-6-18-7-5-15/h2-3,8H,4-7,9H2,1H3. The fourth-order valence-corrected chi connectivity index (χ4v) is 2.28. The third-order valence-electron chi connectivity index (χ3n) is 2.89. The molecule has 0 aliphatic carbocycles. The zero-order chi connectivity index (χ0) is 13.0. The van der Waals surface area contributed by atoms with Crippen LogP contribution in [0.25, 0.3) is 0 Å². The van der Waals surface area contributed by atoms with Gasteiger partial charge in [0, 0.05) is 30.2 Å². The second kappa shape index (κ2) is 6.31. The van der Waals surface area contributed by atoms with Crippen molar-refractivity contribution in [3.8, 4) is 0 Å². The van der Waals surface area contributed by atoms with Crippen molar-refractivity contribution in [1.29, 1.82) is 0 Å². The van der Waals surface area contributed by atoms with Gasteiger partial charge in [-0.05, 0) is 23.8 Å². The molecule has 98 valence electrons. The van der Waals surface area contributed by atoms with Crippen LogP contribution in [0.5, 0.6) is 0 Å². The van der Waals surface area contributed by atoms with Crippen LogP contribution in [0.2, 0.25) is 0 Å². The smallest absolute Gasteiger partial charge is 0.254 e. The number of ether oxygens (including phenoxy) is 2. The summed E-state index contributed by atoms with van der Waals surface area (Å²) in [5, 5.41) is 0. The number of nitrogens with zero attached hydrogens (tertiary/aromatic N) is 1. The second-order valence-corrected chi connectivity index (χ2v) is 5.00. The van der Waals surface area contributed by atoms with E-state index in [0.29, 0.717) is 38.5 Å². The first kappa shape index (κ1) is 13.5. The Labute approximate surface area is 115 Å². The minimum atomic E-state index is 0.0585. The lowest BCUT2D eigenvalue weighted by Crippen LogP contribution is -2.40. The molecule has 0 atom stereocenters. The normalized spacial score (nSPS) is 15.8. The van der Waals surface area contributed by atoms with Gasteiger partial charge in [0.1, 0.15) is 0 Å². The molecule has 5 heteroatoms. The van der Waals surface area contributed by atoms with Crippen LogP contribution in [-0.2, 0) is 16.1 Å². The molecule has 18 heavy (non-hydrogen) atoms. The van der Waals surface area contributed by atoms with Crippen molar-refractivity contribution in [2.75, 3.05) is 33.4 Å². The number of rotatable bonds is 3. The third-order valence-corrected chi connectivity index (χ3v) is 3.66. The lowest BCUT2D eigenvalue weighted by atomic mass is 10.1. The molecule has 4 nitrogen and oxygen atoms in total. The Balaban J connectivity index is 2.16. The van der Waals surface area contributed by atoms with E-state index in [4.69, 9.17) is 9.47 Å². The molecule has 1 aliphatic rings. The van der Waals surface area contributed by atoms with Crippen LogP contribution in [0.3, 0.4) is 0 Å². The minimum absolute atomic E-state index is 0.0585. The summed E-state index contributed by atoms with van der Waals surface area (Å²) in [6.07, 6.45) is 0. The van der Waals surface area contributed by atoms with Gasteiger partial charge in [0.25, 0.3) is 5.91 Å². The van der Waals surface area contributed by atoms with E-state index in [1.54, 1.807) is 7.11 Å². The largest absolute Gasteiger partial charge is 0.380 e. The van der Waals surface area contributed by atoms with Gasteiger partial charge < -0.3 is 14.4 Å². The molecule has 1 amide bonds. The summed E-state index contributed by atoms with van der Waals surface area (Å²) in [5.41, 5.74) is 1.68. The molecule has 1 aromatic rings. The lowest BCUT2D eigenvalue weighted by molar-refractivity contribution is 0.0302. The Hall–Kier alpha value is -0.910. The molecule has 0 unspecified atom stereocenters. The van der Waals surface area contributed by atoms with E-state index in [0.717, 1.165) is 10.0 Å². The molecule has 1 saturated heterocycles. The SMILES string of the molecule is COCc1cc(C(=O)N2CCOCC2)ccc1Br. The Morgan fingerprint density at radius 2 is 2.17 bits per heavy atom. The van der Waals surface area contributed by atoms with Gasteiger partial charge in [-0.3, -0.25) is 4.79 Å². The highest BCUT2D eigenvalue weighted by molar-refractivity contribution is 9.10. The number of hydrogen-bond donors (Lipinski definition) is 0. The fraction of sp³-hybridized carbons (Fsp3) is 0.462. The van der Waals surface area contributed by atoms with E-state index >= 15 is 0 Å². The van der Waals surface area contributed by atoms with E-state index in [2.05, 4.69) is 15.9 Å². The highest BCUT2D eigenvalue weighted by Crippen LogP contribution is 2.20. The fourth-order valence-electron chi connectivity index (χ4n) is 1.92. The van der Waals surface area contributed by atoms with Crippen molar-refractivity contribution in [2.45, 2.75) is 6.61 Å². The average Bonchev–Trinajstić information content (AvgIpc) is 2.42. The summed E-state index contributed by atoms with van der Waals surface area (Å²) in [4.78, 5) is 14.1. The summed E-state index contributed by atoms with van der Waals surface area (Å²) in [7, 11) is 1.64. The summed E-state index contributed by atoms with van der Waals surface area (Å²) < 4.78 is 11.3. The Morgan fingerprint density at radius 1 is 1.44 bits per heavy atom. The van der Waals surface area contributed by atoms with E-state index < -0.39 is 0 Å². The van der Waals surface area contributed by atoms with Gasteiger partial charge in [-0.25, -0.2) is 0 Å². The molecule has 0 saturated carbocycles. The molecule has 0 bridgehead atoms. The number of carbonyl (C=O) groups excluding carboxylic acids is 1. The summed E-state index contributed by atoms with van der Waals surface area (Å²) in [5.74, 6) is 0.0585. The van der Waals surface area contributed by atoms with E-state index in [1.807, 2.05) is 23.1 Å². The maximum absolute atomic E-state index is 12.3. The Morgan fingerprint density at radius 3 is 2.83 bits per heavy atom. The molecule has 0 radical (unpaired) electrons. The van der Waals surface area contributed by atoms with Crippen LogP contribution in [0, 0.1) is 0 Å². The number of halogens is 1. The van der Waals surface area contributed by atoms with Crippen molar-refractivity contribution in [3.63, 3.8) is 0 Å². The van der Waals surface area contributed by atoms with E-state index in [1.165, 1.54) is 0 Å². The zero-order valence-corrected chi connectivity index (χ0v) is 11.9. The molecule has 0 N–H and O–H groups in total. The van der Waals surface area contributed by atoms with Crippen molar-refractivity contribution >= 4 is 21.8 Å². The molecule has 2 rings (SSSR count). The van der Waals surface area contributed by atoms with Gasteiger partial charge in [0.05, 0.1) is 19.8 Å². The zero-order valence-electron chi connectivity index (χ0n) is 10.3. The van der Waals surface area contributed by atoms with Gasteiger partial charge in [0.2, 0.25) is 0 Å². The maximum atomic E-state index is 12.3. The first-order valence-corrected chi connectivity index (χ1v) is 6.66. The van der Waals surface area contributed by atoms with Crippen molar-refractivity contribution in [2.24, 2.45) is 0 Å². The van der Waals surface area contributed by atoms with Crippen molar-refractivity contribution < 1.29 is 14.3 Å². The molecule has 1 fully saturated rings. The number of carbonyl (C=O) groups is 1. The third kappa shape index (κ3) is 3.10. The topological polar surface area (TPSA) is 38.8 Å². The lowest BCUT2D eigenvalue weighted by Gasteiger charge is -2.27. The highest BCUT2D eigenvalue weighted by atomic mass is 79.9. The van der Waals surface area contributed by atoms with Gasteiger partial charge in [-0.1, -0.05) is 15.9 Å². The predicted octanol–water partition coefficient (Wildman–Crippen LogP) is 2.07. The second-order valence-electron chi connectivity index (χ2n) is 4.14. The molecule has 0 aromatic heterocycles. The van der Waals surface area contributed by atoms with Crippen LogP contribution in [-0.4, -0.2) is 44.2 Å². The van der Waals surface area contributed by atoms with Crippen LogP contribution in [0.15, 0.2) is 22.7 Å². The quantitative estimate of drug-likeness (QED) is 0.857. The number of methoxy groups -OCH3 is 1. The minimum Gasteiger partial charge on any atom is -0.380 e. The monoisotopic (exact) mass is 313 g/mol. The van der Waals surface area contributed by atoms with Crippen LogP contribution in [0.4, 0.5) is 0 Å². The molecular weight excluding hydrogens is 298 g/mol. The van der Waals surface area contributed by atoms with Crippen LogP contribution in [0.1, 0.15) is 15.9 Å². The van der Waals surface area contributed by atoms with Crippen LogP contribution < -0.4 is 0 Å². The van der Waals surface area contributed by atoms with Gasteiger partial charge in [0.15, 0.2) is 0 Å². The van der Waals surface area contributed by atoms with E-state index in [9.17, 15) is 4.79 Å². The van der Waals surface area contributed by atoms with E-state index in [-0.39, 0.29) is 5.91 Å². The number of amides is 1. The predicted molar refractivity (Wildman–Crippen MR) is 71.6 cm³/mol. The summed E-state index contributed by atoms with van der Waals surface area (Å²) >= 11 is 3.45. The maximum Gasteiger partial charge on any atom is 0.254 e. The molecule has 0 spiro atoms.